The highest BCUT2D eigenvalue weighted by Crippen LogP contribution is 2.19. The predicted molar refractivity (Wildman–Crippen MR) is 113 cm³/mol. The number of ether oxygens (including phenoxy) is 1. The Labute approximate surface area is 175 Å². The molecule has 4 rings (SSSR count). The van der Waals surface area contributed by atoms with Crippen LogP contribution in [0.15, 0.2) is 59.1 Å². The molecule has 0 radical (unpaired) electrons. The van der Waals surface area contributed by atoms with Gasteiger partial charge in [0, 0.05) is 12.5 Å². The molecule has 0 aliphatic heterocycles. The fourth-order valence-corrected chi connectivity index (χ4v) is 3.03. The Hall–Kier alpha value is -2.90. The van der Waals surface area contributed by atoms with Crippen LogP contribution >= 0.6 is 12.4 Å². The molecule has 0 fully saturated rings. The average Bonchev–Trinajstić information content (AvgIpc) is 3.32. The molecule has 152 valence electrons. The lowest BCUT2D eigenvalue weighted by Crippen LogP contribution is -2.24. The maximum atomic E-state index is 5.91. The molecule has 0 spiro atoms. The van der Waals surface area contributed by atoms with Gasteiger partial charge in [-0.15, -0.1) is 12.4 Å². The summed E-state index contributed by atoms with van der Waals surface area (Å²) in [4.78, 5) is 9.26. The van der Waals surface area contributed by atoms with Gasteiger partial charge in [-0.25, -0.2) is 4.98 Å². The number of likely N-dealkylation sites (N-methyl/N-ethyl adjacent to an activating group) is 1. The van der Waals surface area contributed by atoms with Gasteiger partial charge in [-0.3, -0.25) is 0 Å². The van der Waals surface area contributed by atoms with Crippen molar-refractivity contribution in [2.45, 2.75) is 32.5 Å². The van der Waals surface area contributed by atoms with Crippen LogP contribution in [0.2, 0.25) is 0 Å². The zero-order chi connectivity index (χ0) is 19.3. The first-order valence-corrected chi connectivity index (χ1v) is 9.33. The first-order valence-electron chi connectivity index (χ1n) is 9.33. The lowest BCUT2D eigenvalue weighted by Gasteiger charge is -2.08. The van der Waals surface area contributed by atoms with E-state index in [-0.39, 0.29) is 18.4 Å². The Morgan fingerprint density at radius 3 is 2.62 bits per heavy atom. The first-order chi connectivity index (χ1) is 13.7. The molecule has 4 aromatic rings. The number of aromatic nitrogens is 4. The van der Waals surface area contributed by atoms with Gasteiger partial charge in [0.2, 0.25) is 5.89 Å². The summed E-state index contributed by atoms with van der Waals surface area (Å²) < 4.78 is 13.5. The maximum Gasteiger partial charge on any atom is 0.246 e. The van der Waals surface area contributed by atoms with E-state index in [0.717, 1.165) is 22.6 Å². The Kier molecular flexibility index (Phi) is 6.85. The molecule has 2 aromatic heterocycles. The standard InChI is InChI=1S/C21H23N5O2.ClH/c1-15(22-2)12-19-24-21(28-25-19)13-26-18-11-7-6-10-17(18)23-20(26)14-27-16-8-4-3-5-9-16;/h3-11,15,22H,12-14H2,1-2H3;1H. The smallest absolute Gasteiger partial charge is 0.246 e. The van der Waals surface area contributed by atoms with Crippen LogP contribution in [0.4, 0.5) is 0 Å². The number of nitrogens with one attached hydrogen (secondary N) is 1. The Bertz CT molecular complexity index is 1050. The van der Waals surface area contributed by atoms with Gasteiger partial charge in [0.25, 0.3) is 0 Å². The van der Waals surface area contributed by atoms with Crippen LogP contribution in [0.1, 0.15) is 24.5 Å². The number of hydrogen-bond acceptors (Lipinski definition) is 6. The van der Waals surface area contributed by atoms with E-state index in [1.165, 1.54) is 0 Å². The second kappa shape index (κ2) is 9.54. The molecule has 0 saturated heterocycles. The van der Waals surface area contributed by atoms with Crippen molar-refractivity contribution >= 4 is 23.4 Å². The number of halogens is 1. The van der Waals surface area contributed by atoms with Crippen molar-refractivity contribution in [3.8, 4) is 5.75 Å². The molecule has 0 bridgehead atoms. The van der Waals surface area contributed by atoms with Gasteiger partial charge >= 0.3 is 0 Å². The Morgan fingerprint density at radius 1 is 1.07 bits per heavy atom. The molecule has 0 aliphatic rings. The van der Waals surface area contributed by atoms with Gasteiger partial charge in [0.1, 0.15) is 24.7 Å². The number of fused-ring (bicyclic) bond motifs is 1. The molecule has 0 saturated carbocycles. The van der Waals surface area contributed by atoms with Gasteiger partial charge in [-0.1, -0.05) is 35.5 Å². The van der Waals surface area contributed by atoms with E-state index in [0.29, 0.717) is 31.3 Å². The van der Waals surface area contributed by atoms with Crippen LogP contribution in [0, 0.1) is 0 Å². The second-order valence-electron chi connectivity index (χ2n) is 6.70. The number of rotatable bonds is 8. The summed E-state index contributed by atoms with van der Waals surface area (Å²) in [6.07, 6.45) is 0.717. The molecule has 2 aromatic carbocycles. The van der Waals surface area contributed by atoms with E-state index in [1.807, 2.05) is 61.6 Å². The molecule has 2 heterocycles. The van der Waals surface area contributed by atoms with Crippen molar-refractivity contribution in [1.82, 2.24) is 25.0 Å². The SMILES string of the molecule is CNC(C)Cc1noc(Cn2c(COc3ccccc3)nc3ccccc32)n1.Cl. The van der Waals surface area contributed by atoms with Crippen LogP contribution in [-0.2, 0) is 19.6 Å². The van der Waals surface area contributed by atoms with E-state index >= 15 is 0 Å². The molecule has 7 nitrogen and oxygen atoms in total. The van der Waals surface area contributed by atoms with Crippen molar-refractivity contribution in [2.24, 2.45) is 0 Å². The van der Waals surface area contributed by atoms with Crippen LogP contribution in [0.5, 0.6) is 5.75 Å². The number of hydrogen-bond donors (Lipinski definition) is 1. The number of nitrogens with zero attached hydrogens (tertiary/aromatic N) is 4. The zero-order valence-corrected chi connectivity index (χ0v) is 17.2. The number of imidazole rings is 1. The fraction of sp³-hybridized carbons (Fsp3) is 0.286. The molecule has 8 heteroatoms. The van der Waals surface area contributed by atoms with Crippen molar-refractivity contribution in [1.29, 1.82) is 0 Å². The third kappa shape index (κ3) is 4.93. The Morgan fingerprint density at radius 2 is 1.83 bits per heavy atom. The summed E-state index contributed by atoms with van der Waals surface area (Å²) in [7, 11) is 1.92. The molecular weight excluding hydrogens is 390 g/mol. The largest absolute Gasteiger partial charge is 0.486 e. The zero-order valence-electron chi connectivity index (χ0n) is 16.4. The summed E-state index contributed by atoms with van der Waals surface area (Å²) >= 11 is 0. The molecule has 1 N–H and O–H groups in total. The molecule has 1 atom stereocenters. The van der Waals surface area contributed by atoms with Crippen molar-refractivity contribution < 1.29 is 9.26 Å². The fourth-order valence-electron chi connectivity index (χ4n) is 3.03. The summed E-state index contributed by atoms with van der Waals surface area (Å²) in [6, 6.07) is 18.0. The van der Waals surface area contributed by atoms with Gasteiger partial charge in [-0.05, 0) is 38.2 Å². The quantitative estimate of drug-likeness (QED) is 0.475. The minimum absolute atomic E-state index is 0. The van der Waals surface area contributed by atoms with Crippen LogP contribution < -0.4 is 10.1 Å². The molecular formula is C21H24ClN5O2. The highest BCUT2D eigenvalue weighted by molar-refractivity contribution is 5.85. The van der Waals surface area contributed by atoms with E-state index in [2.05, 4.69) is 26.9 Å². The van der Waals surface area contributed by atoms with Crippen molar-refractivity contribution in [2.75, 3.05) is 7.05 Å². The highest BCUT2D eigenvalue weighted by Gasteiger charge is 2.15. The molecule has 29 heavy (non-hydrogen) atoms. The Balaban J connectivity index is 0.00000240. The molecule has 0 aliphatic carbocycles. The summed E-state index contributed by atoms with van der Waals surface area (Å²) in [5.41, 5.74) is 1.93. The van der Waals surface area contributed by atoms with Crippen LogP contribution in [0.3, 0.4) is 0 Å². The lowest BCUT2D eigenvalue weighted by atomic mass is 10.2. The maximum absolute atomic E-state index is 5.91. The van der Waals surface area contributed by atoms with Gasteiger partial charge in [0.15, 0.2) is 5.82 Å². The topological polar surface area (TPSA) is 78.0 Å². The molecule has 0 amide bonds. The normalized spacial score (nSPS) is 11.9. The van der Waals surface area contributed by atoms with E-state index in [4.69, 9.17) is 14.2 Å². The van der Waals surface area contributed by atoms with Crippen molar-refractivity contribution in [3.05, 3.63) is 72.1 Å². The average molecular weight is 414 g/mol. The summed E-state index contributed by atoms with van der Waals surface area (Å²) in [5, 5.41) is 7.28. The van der Waals surface area contributed by atoms with E-state index in [9.17, 15) is 0 Å². The van der Waals surface area contributed by atoms with Crippen molar-refractivity contribution in [3.63, 3.8) is 0 Å². The van der Waals surface area contributed by atoms with Crippen LogP contribution in [-0.4, -0.2) is 32.8 Å². The van der Waals surface area contributed by atoms with Gasteiger partial charge in [0.05, 0.1) is 11.0 Å². The number of para-hydroxylation sites is 3. The van der Waals surface area contributed by atoms with Gasteiger partial charge in [-0.2, -0.15) is 4.98 Å². The minimum atomic E-state index is 0. The summed E-state index contributed by atoms with van der Waals surface area (Å²) in [6.45, 7) is 2.89. The molecule has 1 unspecified atom stereocenters. The number of benzene rings is 2. The van der Waals surface area contributed by atoms with E-state index in [1.54, 1.807) is 0 Å². The third-order valence-corrected chi connectivity index (χ3v) is 4.63. The van der Waals surface area contributed by atoms with Crippen LogP contribution in [0.25, 0.3) is 11.0 Å². The first kappa shape index (κ1) is 20.8. The van der Waals surface area contributed by atoms with E-state index < -0.39 is 0 Å². The minimum Gasteiger partial charge on any atom is -0.486 e. The third-order valence-electron chi connectivity index (χ3n) is 4.63. The monoisotopic (exact) mass is 413 g/mol. The predicted octanol–water partition coefficient (Wildman–Crippen LogP) is 3.62. The lowest BCUT2D eigenvalue weighted by molar-refractivity contribution is 0.288. The second-order valence-corrected chi connectivity index (χ2v) is 6.70. The highest BCUT2D eigenvalue weighted by atomic mass is 35.5. The van der Waals surface area contributed by atoms with Gasteiger partial charge < -0.3 is 19.1 Å². The summed E-state index contributed by atoms with van der Waals surface area (Å²) in [5.74, 6) is 2.88.